The number of carbonyl (C=O) groups is 1. The molecule has 0 radical (unpaired) electrons. The maximum atomic E-state index is 12.1. The number of amides is 1. The van der Waals surface area contributed by atoms with Gasteiger partial charge in [-0.2, -0.15) is 0 Å². The van der Waals surface area contributed by atoms with E-state index < -0.39 is 0 Å². The number of nitrogens with zero attached hydrogens (tertiary/aromatic N) is 4. The third-order valence-corrected chi connectivity index (χ3v) is 5.62. The highest BCUT2D eigenvalue weighted by atomic mass is 32.2. The second-order valence-electron chi connectivity index (χ2n) is 6.89. The maximum absolute atomic E-state index is 12.1. The van der Waals surface area contributed by atoms with Gasteiger partial charge in [0.25, 0.3) is 5.22 Å². The molecule has 1 amide bonds. The van der Waals surface area contributed by atoms with Gasteiger partial charge in [-0.05, 0) is 48.7 Å². The zero-order valence-electron chi connectivity index (χ0n) is 16.7. The molecule has 2 aromatic heterocycles. The first-order chi connectivity index (χ1) is 14.7. The Morgan fingerprint density at radius 3 is 2.67 bits per heavy atom. The van der Waals surface area contributed by atoms with E-state index in [0.717, 1.165) is 35.8 Å². The number of ether oxygens (including phenoxy) is 1. The van der Waals surface area contributed by atoms with E-state index in [-0.39, 0.29) is 11.7 Å². The summed E-state index contributed by atoms with van der Waals surface area (Å²) >= 11 is 1.21. The highest BCUT2D eigenvalue weighted by Gasteiger charge is 2.14. The minimum Gasteiger partial charge on any atom is -0.497 e. The predicted molar refractivity (Wildman–Crippen MR) is 115 cm³/mol. The molecular weight excluding hydrogens is 402 g/mol. The van der Waals surface area contributed by atoms with Crippen molar-refractivity contribution in [1.29, 1.82) is 0 Å². The van der Waals surface area contributed by atoms with Gasteiger partial charge in [0, 0.05) is 31.4 Å². The van der Waals surface area contributed by atoms with Crippen molar-refractivity contribution in [2.75, 3.05) is 30.9 Å². The lowest BCUT2D eigenvalue weighted by Crippen LogP contribution is -2.25. The molecule has 0 spiro atoms. The van der Waals surface area contributed by atoms with E-state index in [1.165, 1.54) is 24.6 Å². The lowest BCUT2D eigenvalue weighted by molar-refractivity contribution is -0.118. The van der Waals surface area contributed by atoms with Gasteiger partial charge >= 0.3 is 0 Å². The van der Waals surface area contributed by atoms with Gasteiger partial charge in [-0.3, -0.25) is 4.79 Å². The first kappa shape index (κ1) is 20.2. The van der Waals surface area contributed by atoms with Crippen LogP contribution in [0.15, 0.2) is 52.2 Å². The van der Waals surface area contributed by atoms with Crippen LogP contribution in [0.25, 0.3) is 11.5 Å². The molecule has 3 heterocycles. The Hall–Kier alpha value is -3.07. The van der Waals surface area contributed by atoms with Crippen LogP contribution in [0.1, 0.15) is 18.4 Å². The van der Waals surface area contributed by atoms with E-state index in [0.29, 0.717) is 17.7 Å². The van der Waals surface area contributed by atoms with E-state index in [9.17, 15) is 4.79 Å². The van der Waals surface area contributed by atoms with Crippen LogP contribution < -0.4 is 15.0 Å². The van der Waals surface area contributed by atoms with Crippen molar-refractivity contribution < 1.29 is 13.9 Å². The van der Waals surface area contributed by atoms with Crippen molar-refractivity contribution in [3.05, 3.63) is 48.2 Å². The molecular formula is C21H23N5O3S. The largest absolute Gasteiger partial charge is 0.497 e. The lowest BCUT2D eigenvalue weighted by atomic mass is 10.2. The van der Waals surface area contributed by atoms with Crippen LogP contribution in [0.3, 0.4) is 0 Å². The minimum atomic E-state index is -0.104. The summed E-state index contributed by atoms with van der Waals surface area (Å²) in [4.78, 5) is 18.9. The Bertz CT molecular complexity index is 969. The summed E-state index contributed by atoms with van der Waals surface area (Å²) in [6.07, 6.45) is 4.26. The van der Waals surface area contributed by atoms with Gasteiger partial charge in [0.05, 0.1) is 12.9 Å². The second kappa shape index (κ2) is 9.62. The van der Waals surface area contributed by atoms with Gasteiger partial charge in [0.2, 0.25) is 11.8 Å². The molecule has 30 heavy (non-hydrogen) atoms. The monoisotopic (exact) mass is 425 g/mol. The molecule has 4 rings (SSSR count). The van der Waals surface area contributed by atoms with Crippen LogP contribution in [0.2, 0.25) is 0 Å². The van der Waals surface area contributed by atoms with Crippen molar-refractivity contribution in [2.24, 2.45) is 0 Å². The number of hydrogen-bond acceptors (Lipinski definition) is 8. The number of carbonyl (C=O) groups excluding carboxylic acids is 1. The lowest BCUT2D eigenvalue weighted by Gasteiger charge is -2.16. The summed E-state index contributed by atoms with van der Waals surface area (Å²) < 4.78 is 10.8. The van der Waals surface area contributed by atoms with Gasteiger partial charge in [-0.15, -0.1) is 10.2 Å². The Labute approximate surface area is 179 Å². The molecule has 1 N–H and O–H groups in total. The van der Waals surface area contributed by atoms with Crippen LogP contribution in [0.4, 0.5) is 5.82 Å². The van der Waals surface area contributed by atoms with Crippen molar-refractivity contribution in [1.82, 2.24) is 20.5 Å². The highest BCUT2D eigenvalue weighted by molar-refractivity contribution is 7.99. The number of nitrogens with one attached hydrogen (secondary N) is 1. The van der Waals surface area contributed by atoms with Gasteiger partial charge in [0.15, 0.2) is 0 Å². The second-order valence-corrected chi connectivity index (χ2v) is 7.81. The Morgan fingerprint density at radius 2 is 1.97 bits per heavy atom. The fourth-order valence-corrected chi connectivity index (χ4v) is 3.74. The predicted octanol–water partition coefficient (Wildman–Crippen LogP) is 3.15. The third kappa shape index (κ3) is 5.10. The number of thioether (sulfide) groups is 1. The SMILES string of the molecule is COc1ccc(-c2nnc(SCC(=O)NCc3ccc(N4CCCC4)nc3)o2)cc1. The molecule has 0 bridgehead atoms. The number of hydrogen-bond donors (Lipinski definition) is 1. The molecule has 1 aliphatic rings. The number of pyridine rings is 1. The van der Waals surface area contributed by atoms with Crippen molar-refractivity contribution in [3.8, 4) is 17.2 Å². The smallest absolute Gasteiger partial charge is 0.277 e. The summed E-state index contributed by atoms with van der Waals surface area (Å²) in [5.41, 5.74) is 1.76. The van der Waals surface area contributed by atoms with Gasteiger partial charge in [0.1, 0.15) is 11.6 Å². The Kier molecular flexibility index (Phi) is 6.48. The normalized spacial score (nSPS) is 13.4. The van der Waals surface area contributed by atoms with Gasteiger partial charge in [-0.25, -0.2) is 4.98 Å². The molecule has 1 fully saturated rings. The first-order valence-electron chi connectivity index (χ1n) is 9.78. The third-order valence-electron chi connectivity index (χ3n) is 4.80. The van der Waals surface area contributed by atoms with Crippen LogP contribution in [0.5, 0.6) is 5.75 Å². The topological polar surface area (TPSA) is 93.4 Å². The molecule has 3 aromatic rings. The molecule has 1 aliphatic heterocycles. The number of aromatic nitrogens is 3. The summed E-state index contributed by atoms with van der Waals surface area (Å²) in [7, 11) is 1.61. The first-order valence-corrected chi connectivity index (χ1v) is 10.8. The van der Waals surface area contributed by atoms with E-state index in [1.54, 1.807) is 7.11 Å². The maximum Gasteiger partial charge on any atom is 0.277 e. The molecule has 0 unspecified atom stereocenters. The highest BCUT2D eigenvalue weighted by Crippen LogP contribution is 2.24. The van der Waals surface area contributed by atoms with Crippen molar-refractivity contribution in [2.45, 2.75) is 24.6 Å². The number of rotatable bonds is 8. The zero-order valence-corrected chi connectivity index (χ0v) is 17.5. The van der Waals surface area contributed by atoms with E-state index in [2.05, 4.69) is 25.4 Å². The fraction of sp³-hybridized carbons (Fsp3) is 0.333. The summed E-state index contributed by atoms with van der Waals surface area (Å²) in [5, 5.41) is 11.3. The summed E-state index contributed by atoms with van der Waals surface area (Å²) in [5.74, 6) is 2.26. The Morgan fingerprint density at radius 1 is 1.17 bits per heavy atom. The molecule has 1 aromatic carbocycles. The minimum absolute atomic E-state index is 0.104. The molecule has 0 aliphatic carbocycles. The standard InChI is InChI=1S/C21H23N5O3S/c1-28-17-7-5-16(6-8-17)20-24-25-21(29-20)30-14-19(27)23-13-15-4-9-18(22-12-15)26-10-2-3-11-26/h4-9,12H,2-3,10-11,13-14H2,1H3,(H,23,27). The van der Waals surface area contributed by atoms with Crippen LogP contribution in [-0.4, -0.2) is 47.0 Å². The average molecular weight is 426 g/mol. The van der Waals surface area contributed by atoms with Crippen LogP contribution in [-0.2, 0) is 11.3 Å². The summed E-state index contributed by atoms with van der Waals surface area (Å²) in [6.45, 7) is 2.57. The molecule has 0 atom stereocenters. The van der Waals surface area contributed by atoms with E-state index in [4.69, 9.17) is 9.15 Å². The molecule has 1 saturated heterocycles. The van der Waals surface area contributed by atoms with Gasteiger partial charge < -0.3 is 19.4 Å². The van der Waals surface area contributed by atoms with Crippen LogP contribution in [0, 0.1) is 0 Å². The Balaban J connectivity index is 1.23. The molecule has 9 heteroatoms. The quantitative estimate of drug-likeness (QED) is 0.550. The molecule has 8 nitrogen and oxygen atoms in total. The van der Waals surface area contributed by atoms with Crippen molar-refractivity contribution in [3.63, 3.8) is 0 Å². The van der Waals surface area contributed by atoms with Gasteiger partial charge in [-0.1, -0.05) is 17.8 Å². The molecule has 0 saturated carbocycles. The number of methoxy groups -OCH3 is 1. The zero-order chi connectivity index (χ0) is 20.8. The van der Waals surface area contributed by atoms with Crippen molar-refractivity contribution >= 4 is 23.5 Å². The number of anilines is 1. The van der Waals surface area contributed by atoms with E-state index >= 15 is 0 Å². The fourth-order valence-electron chi connectivity index (χ4n) is 3.15. The van der Waals surface area contributed by atoms with Crippen LogP contribution >= 0.6 is 11.8 Å². The average Bonchev–Trinajstić information content (AvgIpc) is 3.49. The number of benzene rings is 1. The van der Waals surface area contributed by atoms with E-state index in [1.807, 2.05) is 42.6 Å². The molecule has 156 valence electrons. The summed E-state index contributed by atoms with van der Waals surface area (Å²) in [6, 6.07) is 11.4.